The Hall–Kier alpha value is -2.99. The molecule has 0 bridgehead atoms. The molecule has 2 aromatic carbocycles. The Morgan fingerprint density at radius 2 is 1.79 bits per heavy atom. The Kier molecular flexibility index (Phi) is 6.21. The van der Waals surface area contributed by atoms with Crippen LogP contribution in [0.4, 0.5) is 10.1 Å². The summed E-state index contributed by atoms with van der Waals surface area (Å²) < 4.78 is 0. The molecule has 3 aromatic rings. The van der Waals surface area contributed by atoms with E-state index >= 15 is 0 Å². The van der Waals surface area contributed by atoms with Gasteiger partial charge in [-0.25, -0.2) is 4.98 Å². The van der Waals surface area contributed by atoms with Gasteiger partial charge in [-0.3, -0.25) is 10.2 Å². The SMILES string of the molecule is CC(=O)Nc1sc(N/N=C/c2ccc(C(C)C)cc2)nc1-c1ccc(C)cc1. The van der Waals surface area contributed by atoms with Crippen LogP contribution in [-0.4, -0.2) is 17.1 Å². The van der Waals surface area contributed by atoms with Gasteiger partial charge in [-0.2, -0.15) is 5.10 Å². The van der Waals surface area contributed by atoms with E-state index in [1.54, 1.807) is 6.21 Å². The minimum absolute atomic E-state index is 0.127. The van der Waals surface area contributed by atoms with E-state index in [0.29, 0.717) is 16.1 Å². The first-order valence-electron chi connectivity index (χ1n) is 9.17. The summed E-state index contributed by atoms with van der Waals surface area (Å²) in [4.78, 5) is 16.2. The zero-order chi connectivity index (χ0) is 20.1. The molecule has 1 heterocycles. The number of aromatic nitrogens is 1. The Balaban J connectivity index is 1.78. The van der Waals surface area contributed by atoms with Crippen LogP contribution in [-0.2, 0) is 4.79 Å². The maximum Gasteiger partial charge on any atom is 0.221 e. The largest absolute Gasteiger partial charge is 0.316 e. The van der Waals surface area contributed by atoms with Crippen molar-refractivity contribution in [3.05, 3.63) is 65.2 Å². The summed E-state index contributed by atoms with van der Waals surface area (Å²) in [7, 11) is 0. The van der Waals surface area contributed by atoms with Crippen LogP contribution in [0.2, 0.25) is 0 Å². The van der Waals surface area contributed by atoms with Crippen LogP contribution in [0.25, 0.3) is 11.3 Å². The number of benzene rings is 2. The minimum atomic E-state index is -0.127. The van der Waals surface area contributed by atoms with E-state index in [2.05, 4.69) is 46.8 Å². The Bertz CT molecular complexity index is 973. The number of rotatable bonds is 6. The molecule has 0 saturated carbocycles. The molecular formula is C22H24N4OS. The Labute approximate surface area is 169 Å². The quantitative estimate of drug-likeness (QED) is 0.421. The van der Waals surface area contributed by atoms with Crippen molar-refractivity contribution in [3.8, 4) is 11.3 Å². The molecule has 0 unspecified atom stereocenters. The molecule has 5 nitrogen and oxygen atoms in total. The summed E-state index contributed by atoms with van der Waals surface area (Å²) in [6, 6.07) is 16.4. The van der Waals surface area contributed by atoms with E-state index in [1.807, 2.05) is 43.3 Å². The molecule has 0 radical (unpaired) electrons. The molecule has 144 valence electrons. The number of hydrogen-bond acceptors (Lipinski definition) is 5. The van der Waals surface area contributed by atoms with Crippen molar-refractivity contribution in [2.75, 3.05) is 10.7 Å². The highest BCUT2D eigenvalue weighted by atomic mass is 32.1. The lowest BCUT2D eigenvalue weighted by Crippen LogP contribution is -2.05. The zero-order valence-corrected chi connectivity index (χ0v) is 17.3. The van der Waals surface area contributed by atoms with Gasteiger partial charge in [0.1, 0.15) is 10.7 Å². The first-order chi connectivity index (χ1) is 13.4. The molecule has 1 amide bonds. The second-order valence-corrected chi connectivity index (χ2v) is 7.93. The van der Waals surface area contributed by atoms with Crippen LogP contribution in [0.3, 0.4) is 0 Å². The second-order valence-electron chi connectivity index (χ2n) is 6.94. The first kappa shape index (κ1) is 19.8. The molecule has 28 heavy (non-hydrogen) atoms. The fourth-order valence-electron chi connectivity index (χ4n) is 2.65. The molecule has 0 aliphatic carbocycles. The monoisotopic (exact) mass is 392 g/mol. The summed E-state index contributed by atoms with van der Waals surface area (Å²) in [6.45, 7) is 7.87. The topological polar surface area (TPSA) is 66.4 Å². The predicted octanol–water partition coefficient (Wildman–Crippen LogP) is 5.65. The van der Waals surface area contributed by atoms with Gasteiger partial charge < -0.3 is 5.32 Å². The van der Waals surface area contributed by atoms with Crippen molar-refractivity contribution >= 4 is 33.6 Å². The van der Waals surface area contributed by atoms with Crippen LogP contribution >= 0.6 is 11.3 Å². The summed E-state index contributed by atoms with van der Waals surface area (Å²) in [5.74, 6) is 0.379. The van der Waals surface area contributed by atoms with E-state index in [-0.39, 0.29) is 5.91 Å². The summed E-state index contributed by atoms with van der Waals surface area (Å²) in [6.07, 6.45) is 1.76. The van der Waals surface area contributed by atoms with Gasteiger partial charge in [0.2, 0.25) is 11.0 Å². The van der Waals surface area contributed by atoms with E-state index in [1.165, 1.54) is 29.4 Å². The van der Waals surface area contributed by atoms with Gasteiger partial charge in [-0.15, -0.1) is 0 Å². The van der Waals surface area contributed by atoms with Gasteiger partial charge in [-0.1, -0.05) is 79.3 Å². The number of hydrazone groups is 1. The predicted molar refractivity (Wildman–Crippen MR) is 118 cm³/mol. The highest BCUT2D eigenvalue weighted by Gasteiger charge is 2.14. The number of carbonyl (C=O) groups excluding carboxylic acids is 1. The normalized spacial score (nSPS) is 11.2. The summed E-state index contributed by atoms with van der Waals surface area (Å²) >= 11 is 1.36. The number of thiazole rings is 1. The van der Waals surface area contributed by atoms with Gasteiger partial charge in [0.15, 0.2) is 0 Å². The van der Waals surface area contributed by atoms with E-state index in [9.17, 15) is 4.79 Å². The van der Waals surface area contributed by atoms with Gasteiger partial charge in [0.05, 0.1) is 6.21 Å². The fourth-order valence-corrected chi connectivity index (χ4v) is 3.53. The first-order valence-corrected chi connectivity index (χ1v) is 9.98. The smallest absolute Gasteiger partial charge is 0.221 e. The molecule has 0 atom stereocenters. The van der Waals surface area contributed by atoms with Crippen LogP contribution in [0.5, 0.6) is 0 Å². The van der Waals surface area contributed by atoms with E-state index in [0.717, 1.165) is 16.8 Å². The summed E-state index contributed by atoms with van der Waals surface area (Å²) in [5.41, 5.74) is 8.14. The van der Waals surface area contributed by atoms with E-state index < -0.39 is 0 Å². The number of aryl methyl sites for hydroxylation is 1. The lowest BCUT2D eigenvalue weighted by molar-refractivity contribution is -0.114. The standard InChI is InChI=1S/C22H24N4OS/c1-14(2)18-11-7-17(8-12-18)13-23-26-22-25-20(21(28-22)24-16(4)27)19-9-5-15(3)6-10-19/h5-14H,1-4H3,(H,24,27)(H,25,26)/b23-13+. The third-order valence-corrected chi connectivity index (χ3v) is 5.09. The van der Waals surface area contributed by atoms with Crippen molar-refractivity contribution in [2.24, 2.45) is 5.10 Å². The Morgan fingerprint density at radius 3 is 2.39 bits per heavy atom. The summed E-state index contributed by atoms with van der Waals surface area (Å²) in [5, 5.41) is 8.47. The van der Waals surface area contributed by atoms with Gasteiger partial charge in [0, 0.05) is 12.5 Å². The zero-order valence-electron chi connectivity index (χ0n) is 16.5. The highest BCUT2D eigenvalue weighted by molar-refractivity contribution is 7.20. The average Bonchev–Trinajstić information content (AvgIpc) is 3.04. The third-order valence-electron chi connectivity index (χ3n) is 4.22. The average molecular weight is 393 g/mol. The molecule has 0 aliphatic heterocycles. The molecule has 6 heteroatoms. The van der Waals surface area contributed by atoms with Crippen molar-refractivity contribution in [2.45, 2.75) is 33.6 Å². The van der Waals surface area contributed by atoms with Crippen LogP contribution in [0.1, 0.15) is 43.4 Å². The Morgan fingerprint density at radius 1 is 1.11 bits per heavy atom. The van der Waals surface area contributed by atoms with Gasteiger partial charge in [-0.05, 0) is 24.0 Å². The lowest BCUT2D eigenvalue weighted by Gasteiger charge is -2.04. The molecule has 0 saturated heterocycles. The van der Waals surface area contributed by atoms with Crippen molar-refractivity contribution in [1.82, 2.24) is 4.98 Å². The number of nitrogens with one attached hydrogen (secondary N) is 2. The van der Waals surface area contributed by atoms with Gasteiger partial charge in [0.25, 0.3) is 0 Å². The van der Waals surface area contributed by atoms with Crippen LogP contribution in [0, 0.1) is 6.92 Å². The van der Waals surface area contributed by atoms with Crippen molar-refractivity contribution in [3.63, 3.8) is 0 Å². The number of anilines is 2. The fraction of sp³-hybridized carbons (Fsp3) is 0.227. The van der Waals surface area contributed by atoms with Crippen LogP contribution < -0.4 is 10.7 Å². The van der Waals surface area contributed by atoms with Gasteiger partial charge >= 0.3 is 0 Å². The van der Waals surface area contributed by atoms with E-state index in [4.69, 9.17) is 0 Å². The molecule has 2 N–H and O–H groups in total. The maximum atomic E-state index is 11.6. The molecule has 3 rings (SSSR count). The molecule has 0 aliphatic rings. The minimum Gasteiger partial charge on any atom is -0.316 e. The van der Waals surface area contributed by atoms with Crippen molar-refractivity contribution < 1.29 is 4.79 Å². The maximum absolute atomic E-state index is 11.6. The highest BCUT2D eigenvalue weighted by Crippen LogP contribution is 2.36. The van der Waals surface area contributed by atoms with Crippen LogP contribution in [0.15, 0.2) is 53.6 Å². The molecular weight excluding hydrogens is 368 g/mol. The number of nitrogens with zero attached hydrogens (tertiary/aromatic N) is 2. The van der Waals surface area contributed by atoms with Crippen molar-refractivity contribution in [1.29, 1.82) is 0 Å². The molecule has 0 spiro atoms. The molecule has 1 aromatic heterocycles. The molecule has 0 fully saturated rings. The number of hydrogen-bond donors (Lipinski definition) is 2. The third kappa shape index (κ3) is 5.04. The second kappa shape index (κ2) is 8.80. The number of carbonyl (C=O) groups is 1. The number of amides is 1. The lowest BCUT2D eigenvalue weighted by atomic mass is 10.0.